The zero-order valence-electron chi connectivity index (χ0n) is 9.17. The minimum absolute atomic E-state index is 0.0686. The quantitative estimate of drug-likeness (QED) is 0.728. The van der Waals surface area contributed by atoms with E-state index >= 15 is 0 Å². The first kappa shape index (κ1) is 10.3. The zero-order valence-corrected chi connectivity index (χ0v) is 9.17. The molecule has 2 saturated heterocycles. The molecule has 0 bridgehead atoms. The van der Waals surface area contributed by atoms with Crippen molar-refractivity contribution in [3.8, 4) is 0 Å². The van der Waals surface area contributed by atoms with Gasteiger partial charge in [-0.05, 0) is 18.4 Å². The monoisotopic (exact) mass is 220 g/mol. The van der Waals surface area contributed by atoms with Crippen LogP contribution in [0.1, 0.15) is 18.4 Å². The van der Waals surface area contributed by atoms with E-state index in [9.17, 15) is 0 Å². The van der Waals surface area contributed by atoms with Gasteiger partial charge in [0.25, 0.3) is 0 Å². The summed E-state index contributed by atoms with van der Waals surface area (Å²) in [6, 6.07) is 10.2. The summed E-state index contributed by atoms with van der Waals surface area (Å²) in [4.78, 5) is 0. The molecule has 0 N–H and O–H groups in total. The van der Waals surface area contributed by atoms with E-state index in [0.29, 0.717) is 19.3 Å². The fourth-order valence-corrected chi connectivity index (χ4v) is 2.06. The fraction of sp³-hybridized carbons (Fsp3) is 0.538. The lowest BCUT2D eigenvalue weighted by Gasteiger charge is -2.19. The molecule has 0 saturated carbocycles. The maximum absolute atomic E-state index is 5.65. The van der Waals surface area contributed by atoms with E-state index < -0.39 is 0 Å². The van der Waals surface area contributed by atoms with Gasteiger partial charge in [-0.1, -0.05) is 30.3 Å². The number of rotatable bonds is 4. The van der Waals surface area contributed by atoms with Crippen LogP contribution in [0.2, 0.25) is 0 Å². The number of ether oxygens (including phenoxy) is 3. The van der Waals surface area contributed by atoms with Crippen molar-refractivity contribution in [3.05, 3.63) is 35.9 Å². The Hall–Kier alpha value is -0.900. The molecule has 2 fully saturated rings. The van der Waals surface area contributed by atoms with Crippen LogP contribution < -0.4 is 0 Å². The van der Waals surface area contributed by atoms with E-state index in [0.717, 1.165) is 12.8 Å². The van der Waals surface area contributed by atoms with E-state index in [1.807, 2.05) is 18.2 Å². The molecule has 16 heavy (non-hydrogen) atoms. The number of fused-ring (bicyclic) bond motifs is 1. The minimum Gasteiger partial charge on any atom is -0.374 e. The van der Waals surface area contributed by atoms with Gasteiger partial charge in [0.2, 0.25) is 0 Å². The Kier molecular flexibility index (Phi) is 2.91. The largest absolute Gasteiger partial charge is 0.374 e. The predicted octanol–water partition coefficient (Wildman–Crippen LogP) is 2.11. The molecular formula is C13H16O3. The lowest BCUT2D eigenvalue weighted by Crippen LogP contribution is -2.26. The first-order valence-corrected chi connectivity index (χ1v) is 5.84. The molecule has 3 rings (SSSR count). The molecule has 0 radical (unpaired) electrons. The number of epoxide rings is 1. The Labute approximate surface area is 95.3 Å². The highest BCUT2D eigenvalue weighted by Gasteiger charge is 2.45. The van der Waals surface area contributed by atoms with E-state index in [-0.39, 0.29) is 12.4 Å². The van der Waals surface area contributed by atoms with Gasteiger partial charge in [0.05, 0.1) is 19.3 Å². The van der Waals surface area contributed by atoms with Gasteiger partial charge < -0.3 is 14.2 Å². The highest BCUT2D eigenvalue weighted by Crippen LogP contribution is 2.34. The van der Waals surface area contributed by atoms with Crippen molar-refractivity contribution in [1.82, 2.24) is 0 Å². The third-order valence-electron chi connectivity index (χ3n) is 3.05. The molecule has 3 nitrogen and oxygen atoms in total. The smallest absolute Gasteiger partial charge is 0.184 e. The van der Waals surface area contributed by atoms with Gasteiger partial charge in [-0.25, -0.2) is 0 Å². The molecular weight excluding hydrogens is 204 g/mol. The van der Waals surface area contributed by atoms with Crippen molar-refractivity contribution in [1.29, 1.82) is 0 Å². The molecule has 2 aliphatic rings. The Morgan fingerprint density at radius 3 is 2.81 bits per heavy atom. The van der Waals surface area contributed by atoms with Gasteiger partial charge in [0.1, 0.15) is 6.10 Å². The molecule has 0 amide bonds. The van der Waals surface area contributed by atoms with Gasteiger partial charge in [-0.15, -0.1) is 0 Å². The first-order chi connectivity index (χ1) is 7.92. The number of hydrogen-bond donors (Lipinski definition) is 0. The summed E-state index contributed by atoms with van der Waals surface area (Å²) in [6.07, 6.45) is 2.83. The lowest BCUT2D eigenvalue weighted by molar-refractivity contribution is -0.0672. The highest BCUT2D eigenvalue weighted by atomic mass is 16.8. The Bertz CT molecular complexity index is 338. The minimum atomic E-state index is 0.0686. The van der Waals surface area contributed by atoms with Crippen LogP contribution in [-0.4, -0.2) is 25.1 Å². The third kappa shape index (κ3) is 2.43. The van der Waals surface area contributed by atoms with Crippen LogP contribution in [-0.2, 0) is 20.8 Å². The Morgan fingerprint density at radius 2 is 2.00 bits per heavy atom. The van der Waals surface area contributed by atoms with Crippen LogP contribution in [0.4, 0.5) is 0 Å². The van der Waals surface area contributed by atoms with Crippen molar-refractivity contribution < 1.29 is 14.2 Å². The topological polar surface area (TPSA) is 31.0 Å². The molecule has 2 aliphatic heterocycles. The van der Waals surface area contributed by atoms with Crippen molar-refractivity contribution in [2.75, 3.05) is 6.61 Å². The second-order valence-corrected chi connectivity index (χ2v) is 4.38. The fourth-order valence-electron chi connectivity index (χ4n) is 2.06. The second kappa shape index (κ2) is 4.53. The van der Waals surface area contributed by atoms with Crippen molar-refractivity contribution >= 4 is 0 Å². The second-order valence-electron chi connectivity index (χ2n) is 4.38. The summed E-state index contributed by atoms with van der Waals surface area (Å²) in [5, 5.41) is 0. The normalized spacial score (nSPS) is 32.1. The van der Waals surface area contributed by atoms with E-state index in [2.05, 4.69) is 12.1 Å². The van der Waals surface area contributed by atoms with Gasteiger partial charge in [0.15, 0.2) is 6.29 Å². The molecule has 0 aromatic heterocycles. The third-order valence-corrected chi connectivity index (χ3v) is 3.05. The summed E-state index contributed by atoms with van der Waals surface area (Å²) in [5.74, 6) is 0. The molecule has 1 aromatic rings. The maximum Gasteiger partial charge on any atom is 0.184 e. The van der Waals surface area contributed by atoms with E-state index in [1.54, 1.807) is 0 Å². The van der Waals surface area contributed by atoms with Crippen molar-refractivity contribution in [3.63, 3.8) is 0 Å². The maximum atomic E-state index is 5.65. The molecule has 0 unspecified atom stereocenters. The van der Waals surface area contributed by atoms with Crippen molar-refractivity contribution in [2.45, 2.75) is 37.9 Å². The number of benzene rings is 1. The molecule has 3 atom stereocenters. The summed E-state index contributed by atoms with van der Waals surface area (Å²) < 4.78 is 16.6. The molecule has 2 heterocycles. The predicted molar refractivity (Wildman–Crippen MR) is 58.9 cm³/mol. The zero-order chi connectivity index (χ0) is 10.8. The molecule has 0 spiro atoms. The summed E-state index contributed by atoms with van der Waals surface area (Å²) in [6.45, 7) is 1.33. The van der Waals surface area contributed by atoms with E-state index in [4.69, 9.17) is 14.2 Å². The van der Waals surface area contributed by atoms with Crippen LogP contribution >= 0.6 is 0 Å². The van der Waals surface area contributed by atoms with Crippen LogP contribution in [0.15, 0.2) is 30.3 Å². The van der Waals surface area contributed by atoms with Gasteiger partial charge in [0, 0.05) is 0 Å². The SMILES string of the molecule is c1ccc(COC[C@@H]2CC[C@@H]3O[C@H]3O2)cc1. The molecule has 1 aromatic carbocycles. The van der Waals surface area contributed by atoms with Crippen LogP contribution in [0.3, 0.4) is 0 Å². The van der Waals surface area contributed by atoms with E-state index in [1.165, 1.54) is 5.56 Å². The summed E-state index contributed by atoms with van der Waals surface area (Å²) in [7, 11) is 0. The molecule has 3 heteroatoms. The Balaban J connectivity index is 1.40. The van der Waals surface area contributed by atoms with Gasteiger partial charge >= 0.3 is 0 Å². The summed E-state index contributed by atoms with van der Waals surface area (Å²) in [5.41, 5.74) is 1.21. The summed E-state index contributed by atoms with van der Waals surface area (Å²) >= 11 is 0. The van der Waals surface area contributed by atoms with Crippen LogP contribution in [0.25, 0.3) is 0 Å². The van der Waals surface area contributed by atoms with Crippen LogP contribution in [0.5, 0.6) is 0 Å². The standard InChI is InChI=1S/C13H16O3/c1-2-4-10(5-3-1)8-14-9-11-6-7-12-13(15-11)16-12/h1-5,11-13H,6-9H2/t11-,12-,13+/m0/s1. The van der Waals surface area contributed by atoms with Crippen molar-refractivity contribution in [2.24, 2.45) is 0 Å². The Morgan fingerprint density at radius 1 is 1.12 bits per heavy atom. The van der Waals surface area contributed by atoms with Gasteiger partial charge in [-0.3, -0.25) is 0 Å². The highest BCUT2D eigenvalue weighted by molar-refractivity contribution is 5.13. The molecule has 0 aliphatic carbocycles. The van der Waals surface area contributed by atoms with Gasteiger partial charge in [-0.2, -0.15) is 0 Å². The lowest BCUT2D eigenvalue weighted by atomic mass is 10.1. The first-order valence-electron chi connectivity index (χ1n) is 5.84. The average molecular weight is 220 g/mol. The number of hydrogen-bond acceptors (Lipinski definition) is 3. The molecule has 86 valence electrons. The van der Waals surface area contributed by atoms with Crippen LogP contribution in [0, 0.1) is 0 Å². The average Bonchev–Trinajstić information content (AvgIpc) is 3.09.